The number of tetrazole rings is 1. The molecule has 2 N–H and O–H groups in total. The summed E-state index contributed by atoms with van der Waals surface area (Å²) >= 11 is 0. The summed E-state index contributed by atoms with van der Waals surface area (Å²) in [5.41, 5.74) is 5.89. The Balaban J connectivity index is 0.945. The first-order chi connectivity index (χ1) is 16.2. The molecule has 6 rings (SSSR count). The van der Waals surface area contributed by atoms with Crippen molar-refractivity contribution in [2.24, 2.45) is 11.3 Å². The third kappa shape index (κ3) is 4.37. The lowest BCUT2D eigenvalue weighted by atomic mass is 9.60. The molecule has 33 heavy (non-hydrogen) atoms. The summed E-state index contributed by atoms with van der Waals surface area (Å²) in [7, 11) is 0. The largest absolute Gasteiger partial charge is 0.311 e. The van der Waals surface area contributed by atoms with Crippen LogP contribution in [0.2, 0.25) is 0 Å². The zero-order chi connectivity index (χ0) is 22.3. The molecule has 1 saturated heterocycles. The zero-order valence-electron chi connectivity index (χ0n) is 19.2. The molecule has 1 aliphatic heterocycles. The molecule has 2 aromatic carbocycles. The number of hydrogen-bond acceptors (Lipinski definition) is 5. The molecule has 2 saturated carbocycles. The Morgan fingerprint density at radius 2 is 1.91 bits per heavy atom. The average molecular weight is 441 g/mol. The van der Waals surface area contributed by atoms with Gasteiger partial charge < -0.3 is 5.32 Å². The number of H-pyrrole nitrogens is 1. The highest BCUT2D eigenvalue weighted by atomic mass is 15.5. The van der Waals surface area contributed by atoms with Crippen LogP contribution in [0, 0.1) is 11.3 Å². The molecule has 1 spiro atoms. The van der Waals surface area contributed by atoms with Crippen molar-refractivity contribution < 1.29 is 0 Å². The van der Waals surface area contributed by atoms with Crippen molar-refractivity contribution in [1.29, 1.82) is 0 Å². The second-order valence-corrected chi connectivity index (χ2v) is 10.3. The fourth-order valence-electron chi connectivity index (χ4n) is 6.01. The third-order valence-electron chi connectivity index (χ3n) is 7.73. The van der Waals surface area contributed by atoms with Crippen LogP contribution < -0.4 is 5.32 Å². The lowest BCUT2D eigenvalue weighted by Gasteiger charge is -2.59. The van der Waals surface area contributed by atoms with Gasteiger partial charge in [0.15, 0.2) is 5.82 Å². The standard InChI is InChI=1S/C27H32N6/c1-2-21(12-19-6-4-3-5-7-19)24-13-25(24)28-23-14-27(15-23)17-33(18-27)16-20-8-10-22(11-9-20)26-29-31-32-30-26/h3-12,23-25,28H,2,13-18H2,1H3,(H,29,30,31,32)/b21-12+/t24-,25+/m0/s1. The summed E-state index contributed by atoms with van der Waals surface area (Å²) in [6.07, 6.45) is 7.55. The Morgan fingerprint density at radius 1 is 1.12 bits per heavy atom. The summed E-state index contributed by atoms with van der Waals surface area (Å²) in [6.45, 7) is 5.80. The number of aromatic amines is 1. The maximum atomic E-state index is 3.98. The number of likely N-dealkylation sites (tertiary alicyclic amines) is 1. The molecule has 3 aromatic rings. The SMILES string of the molecule is CC/C(=C\c1ccccc1)[C@@H]1C[C@H]1NC1CC2(C1)CN(Cc1ccc(-c3nnn[nH]3)cc1)C2. The molecule has 3 aliphatic rings. The highest BCUT2D eigenvalue weighted by Crippen LogP contribution is 2.50. The van der Waals surface area contributed by atoms with Gasteiger partial charge in [-0.25, -0.2) is 5.10 Å². The van der Waals surface area contributed by atoms with Gasteiger partial charge in [-0.2, -0.15) is 0 Å². The normalized spacial score (nSPS) is 24.5. The number of rotatable bonds is 8. The molecule has 0 radical (unpaired) electrons. The van der Waals surface area contributed by atoms with Crippen LogP contribution in [-0.4, -0.2) is 50.7 Å². The highest BCUT2D eigenvalue weighted by Gasteiger charge is 2.53. The van der Waals surface area contributed by atoms with E-state index in [1.807, 2.05) is 0 Å². The quantitative estimate of drug-likeness (QED) is 0.546. The van der Waals surface area contributed by atoms with Crippen molar-refractivity contribution in [1.82, 2.24) is 30.8 Å². The van der Waals surface area contributed by atoms with Gasteiger partial charge >= 0.3 is 0 Å². The third-order valence-corrected chi connectivity index (χ3v) is 7.73. The number of nitrogens with one attached hydrogen (secondary N) is 2. The minimum absolute atomic E-state index is 0.570. The number of nitrogens with zero attached hydrogens (tertiary/aromatic N) is 4. The first-order valence-electron chi connectivity index (χ1n) is 12.3. The van der Waals surface area contributed by atoms with Crippen molar-refractivity contribution in [2.45, 2.75) is 51.2 Å². The summed E-state index contributed by atoms with van der Waals surface area (Å²) in [4.78, 5) is 2.58. The van der Waals surface area contributed by atoms with Crippen LogP contribution in [0.5, 0.6) is 0 Å². The monoisotopic (exact) mass is 440 g/mol. The molecule has 1 aromatic heterocycles. The van der Waals surface area contributed by atoms with E-state index in [4.69, 9.17) is 0 Å². The second kappa shape index (κ2) is 8.50. The van der Waals surface area contributed by atoms with E-state index in [1.165, 1.54) is 43.5 Å². The maximum Gasteiger partial charge on any atom is 0.179 e. The average Bonchev–Trinajstić information content (AvgIpc) is 3.33. The van der Waals surface area contributed by atoms with Crippen LogP contribution in [0.4, 0.5) is 0 Å². The summed E-state index contributed by atoms with van der Waals surface area (Å²) in [6, 6.07) is 20.7. The fourth-order valence-corrected chi connectivity index (χ4v) is 6.01. The lowest BCUT2D eigenvalue weighted by Crippen LogP contribution is -2.65. The van der Waals surface area contributed by atoms with Gasteiger partial charge in [-0.15, -0.1) is 5.10 Å². The molecule has 170 valence electrons. The topological polar surface area (TPSA) is 69.7 Å². The molecule has 2 aliphatic carbocycles. The molecule has 3 fully saturated rings. The van der Waals surface area contributed by atoms with E-state index in [0.29, 0.717) is 17.5 Å². The van der Waals surface area contributed by atoms with E-state index in [9.17, 15) is 0 Å². The molecular weight excluding hydrogens is 408 g/mol. The predicted molar refractivity (Wildman–Crippen MR) is 130 cm³/mol. The van der Waals surface area contributed by atoms with E-state index in [0.717, 1.165) is 30.3 Å². The number of benzene rings is 2. The molecule has 6 heteroatoms. The number of aromatic nitrogens is 4. The van der Waals surface area contributed by atoms with Crippen LogP contribution in [0.15, 0.2) is 60.2 Å². The van der Waals surface area contributed by atoms with E-state index >= 15 is 0 Å². The molecule has 0 bridgehead atoms. The van der Waals surface area contributed by atoms with Crippen molar-refractivity contribution in [3.8, 4) is 11.4 Å². The first kappa shape index (κ1) is 20.8. The lowest BCUT2D eigenvalue weighted by molar-refractivity contribution is -0.0834. The van der Waals surface area contributed by atoms with Crippen LogP contribution in [0.3, 0.4) is 0 Å². The van der Waals surface area contributed by atoms with Gasteiger partial charge in [-0.3, -0.25) is 4.90 Å². The molecule has 6 nitrogen and oxygen atoms in total. The molecule has 2 atom stereocenters. The van der Waals surface area contributed by atoms with Crippen LogP contribution in [0.25, 0.3) is 17.5 Å². The Hall–Kier alpha value is -2.83. The van der Waals surface area contributed by atoms with Crippen molar-refractivity contribution in [3.63, 3.8) is 0 Å². The van der Waals surface area contributed by atoms with Crippen molar-refractivity contribution in [3.05, 3.63) is 71.3 Å². The minimum Gasteiger partial charge on any atom is -0.311 e. The van der Waals surface area contributed by atoms with Crippen LogP contribution in [-0.2, 0) is 6.54 Å². The summed E-state index contributed by atoms with van der Waals surface area (Å²) in [5.74, 6) is 1.46. The highest BCUT2D eigenvalue weighted by molar-refractivity contribution is 5.55. The van der Waals surface area contributed by atoms with E-state index in [2.05, 4.69) is 98.4 Å². The Labute approximate surface area is 195 Å². The van der Waals surface area contributed by atoms with E-state index < -0.39 is 0 Å². The van der Waals surface area contributed by atoms with E-state index in [1.54, 1.807) is 5.57 Å². The molecule has 0 unspecified atom stereocenters. The van der Waals surface area contributed by atoms with Gasteiger partial charge in [0.1, 0.15) is 0 Å². The van der Waals surface area contributed by atoms with E-state index in [-0.39, 0.29) is 0 Å². The van der Waals surface area contributed by atoms with Crippen LogP contribution >= 0.6 is 0 Å². The Bertz CT molecular complexity index is 1090. The van der Waals surface area contributed by atoms with Gasteiger partial charge in [-0.05, 0) is 58.6 Å². The zero-order valence-corrected chi connectivity index (χ0v) is 19.2. The molecular formula is C27H32N6. The minimum atomic E-state index is 0.570. The molecule has 2 heterocycles. The molecule has 0 amide bonds. The Kier molecular flexibility index (Phi) is 5.35. The smallest absolute Gasteiger partial charge is 0.179 e. The number of hydrogen-bond donors (Lipinski definition) is 2. The fraction of sp³-hybridized carbons (Fsp3) is 0.444. The maximum absolute atomic E-state index is 3.98. The van der Waals surface area contributed by atoms with Gasteiger partial charge in [0.25, 0.3) is 0 Å². The van der Waals surface area contributed by atoms with Crippen LogP contribution in [0.1, 0.15) is 43.7 Å². The van der Waals surface area contributed by atoms with Gasteiger partial charge in [0.05, 0.1) is 0 Å². The van der Waals surface area contributed by atoms with Gasteiger partial charge in [-0.1, -0.05) is 73.2 Å². The van der Waals surface area contributed by atoms with Gasteiger partial charge in [0.2, 0.25) is 0 Å². The summed E-state index contributed by atoms with van der Waals surface area (Å²) in [5, 5.41) is 18.1. The first-order valence-corrected chi connectivity index (χ1v) is 12.3. The Morgan fingerprint density at radius 3 is 2.61 bits per heavy atom. The predicted octanol–water partition coefficient (Wildman–Crippen LogP) is 4.30. The summed E-state index contributed by atoms with van der Waals surface area (Å²) < 4.78 is 0. The van der Waals surface area contributed by atoms with Crippen molar-refractivity contribution in [2.75, 3.05) is 13.1 Å². The van der Waals surface area contributed by atoms with Crippen molar-refractivity contribution >= 4 is 6.08 Å². The van der Waals surface area contributed by atoms with Gasteiger partial charge in [0, 0.05) is 37.3 Å². The second-order valence-electron chi connectivity index (χ2n) is 10.3.